The van der Waals surface area contributed by atoms with Crippen LogP contribution >= 0.6 is 38.5 Å². The molecule has 0 spiro atoms. The summed E-state index contributed by atoms with van der Waals surface area (Å²) in [6.07, 6.45) is 0. The number of benzene rings is 1. The summed E-state index contributed by atoms with van der Waals surface area (Å²) in [6, 6.07) is 3.48. The highest BCUT2D eigenvalue weighted by molar-refractivity contribution is 14.1. The van der Waals surface area contributed by atoms with E-state index in [0.29, 0.717) is 11.2 Å². The maximum absolute atomic E-state index is 9.06. The fourth-order valence-corrected chi connectivity index (χ4v) is 2.73. The number of ether oxygens (including phenoxy) is 1. The van der Waals surface area contributed by atoms with Crippen molar-refractivity contribution in [1.82, 2.24) is 0 Å². The molecule has 1 aromatic rings. The Morgan fingerprint density at radius 1 is 1.46 bits per heavy atom. The summed E-state index contributed by atoms with van der Waals surface area (Å²) in [7, 11) is -0.0149. The molecule has 1 aromatic carbocycles. The lowest BCUT2D eigenvalue weighted by Gasteiger charge is -2.10. The van der Waals surface area contributed by atoms with E-state index in [2.05, 4.69) is 15.9 Å². The van der Waals surface area contributed by atoms with Crippen molar-refractivity contribution in [2.45, 2.75) is 0 Å². The molecule has 0 aliphatic carbocycles. The minimum Gasteiger partial charge on any atom is -0.497 e. The van der Waals surface area contributed by atoms with Gasteiger partial charge >= 0.3 is 7.12 Å². The summed E-state index contributed by atoms with van der Waals surface area (Å²) in [5, 5.41) is 18.1. The van der Waals surface area contributed by atoms with Gasteiger partial charge in [-0.25, -0.2) is 0 Å². The molecule has 1 rings (SSSR count). The summed E-state index contributed by atoms with van der Waals surface area (Å²) < 4.78 is 6.61. The molecule has 0 saturated carbocycles. The molecule has 6 heteroatoms. The SMILES string of the molecule is COc1cc(Br)cc(I)c1B(O)O. The van der Waals surface area contributed by atoms with Gasteiger partial charge in [-0.15, -0.1) is 0 Å². The fraction of sp³-hybridized carbons (Fsp3) is 0.143. The highest BCUT2D eigenvalue weighted by atomic mass is 127. The highest BCUT2D eigenvalue weighted by Gasteiger charge is 2.20. The molecule has 3 nitrogen and oxygen atoms in total. The topological polar surface area (TPSA) is 49.7 Å². The van der Waals surface area contributed by atoms with Gasteiger partial charge in [0.1, 0.15) is 5.75 Å². The van der Waals surface area contributed by atoms with Crippen LogP contribution in [0.15, 0.2) is 16.6 Å². The lowest BCUT2D eigenvalue weighted by atomic mass is 9.79. The van der Waals surface area contributed by atoms with Crippen molar-refractivity contribution in [1.29, 1.82) is 0 Å². The average molecular weight is 357 g/mol. The molecule has 0 aromatic heterocycles. The molecule has 0 unspecified atom stereocenters. The Balaban J connectivity index is 3.30. The van der Waals surface area contributed by atoms with Gasteiger partial charge in [-0.1, -0.05) is 15.9 Å². The lowest BCUT2D eigenvalue weighted by Crippen LogP contribution is -2.33. The van der Waals surface area contributed by atoms with E-state index in [1.54, 1.807) is 12.1 Å². The molecule has 13 heavy (non-hydrogen) atoms. The molecule has 70 valence electrons. The van der Waals surface area contributed by atoms with E-state index >= 15 is 0 Å². The molecule has 0 heterocycles. The monoisotopic (exact) mass is 356 g/mol. The third kappa shape index (κ3) is 2.58. The van der Waals surface area contributed by atoms with E-state index in [-0.39, 0.29) is 0 Å². The van der Waals surface area contributed by atoms with Gasteiger partial charge < -0.3 is 14.8 Å². The van der Waals surface area contributed by atoms with Crippen LogP contribution in [0, 0.1) is 3.57 Å². The van der Waals surface area contributed by atoms with Crippen LogP contribution in [0.5, 0.6) is 5.75 Å². The molecule has 2 N–H and O–H groups in total. The second-order valence-corrected chi connectivity index (χ2v) is 4.46. The third-order valence-corrected chi connectivity index (χ3v) is 2.88. The van der Waals surface area contributed by atoms with Crippen LogP contribution in [0.2, 0.25) is 0 Å². The Kier molecular flexibility index (Phi) is 4.02. The van der Waals surface area contributed by atoms with E-state index in [9.17, 15) is 0 Å². The van der Waals surface area contributed by atoms with E-state index in [4.69, 9.17) is 14.8 Å². The minimum absolute atomic E-state index is 0.395. The summed E-state index contributed by atoms with van der Waals surface area (Å²) >= 11 is 5.31. The van der Waals surface area contributed by atoms with Crippen LogP contribution < -0.4 is 10.2 Å². The first-order chi connectivity index (χ1) is 6.06. The predicted molar refractivity (Wildman–Crippen MR) is 63.2 cm³/mol. The highest BCUT2D eigenvalue weighted by Crippen LogP contribution is 2.20. The van der Waals surface area contributed by atoms with Gasteiger partial charge in [0.25, 0.3) is 0 Å². The summed E-state index contributed by atoms with van der Waals surface area (Å²) in [5.74, 6) is 0.466. The van der Waals surface area contributed by atoms with Gasteiger partial charge in [-0.2, -0.15) is 0 Å². The van der Waals surface area contributed by atoms with Crippen molar-refractivity contribution in [2.75, 3.05) is 7.11 Å². The number of hydrogen-bond acceptors (Lipinski definition) is 3. The van der Waals surface area contributed by atoms with Gasteiger partial charge in [-0.3, -0.25) is 0 Å². The predicted octanol–water partition coefficient (Wildman–Crippen LogP) is 0.742. The van der Waals surface area contributed by atoms with E-state index in [1.165, 1.54) is 7.11 Å². The van der Waals surface area contributed by atoms with Crippen molar-refractivity contribution in [3.63, 3.8) is 0 Å². The van der Waals surface area contributed by atoms with E-state index in [0.717, 1.165) is 8.04 Å². The Morgan fingerprint density at radius 3 is 2.54 bits per heavy atom. The zero-order valence-corrected chi connectivity index (χ0v) is 10.5. The smallest absolute Gasteiger partial charge is 0.493 e. The lowest BCUT2D eigenvalue weighted by molar-refractivity contribution is 0.402. The summed E-state index contributed by atoms with van der Waals surface area (Å²) in [5.41, 5.74) is 0.395. The standard InChI is InChI=1S/C7H7BBrIO3/c1-13-6-3-4(9)2-5(10)7(6)8(11)12/h2-3,11-12H,1H3. The second kappa shape index (κ2) is 4.63. The van der Waals surface area contributed by atoms with Gasteiger partial charge in [0.15, 0.2) is 0 Å². The van der Waals surface area contributed by atoms with Crippen molar-refractivity contribution >= 4 is 51.1 Å². The largest absolute Gasteiger partial charge is 0.497 e. The van der Waals surface area contributed by atoms with Crippen LogP contribution in [0.4, 0.5) is 0 Å². The third-order valence-electron chi connectivity index (χ3n) is 1.53. The first-order valence-electron chi connectivity index (χ1n) is 3.45. The molecule has 0 radical (unpaired) electrons. The maximum atomic E-state index is 9.06. The molecular formula is C7H7BBrIO3. The van der Waals surface area contributed by atoms with E-state index < -0.39 is 7.12 Å². The van der Waals surface area contributed by atoms with Gasteiger partial charge in [0.2, 0.25) is 0 Å². The normalized spacial score (nSPS) is 9.92. The van der Waals surface area contributed by atoms with Gasteiger partial charge in [0, 0.05) is 13.5 Å². The fourth-order valence-electron chi connectivity index (χ4n) is 0.981. The number of rotatable bonds is 2. The van der Waals surface area contributed by atoms with Crippen LogP contribution in [0.3, 0.4) is 0 Å². The minimum atomic E-state index is -1.50. The molecule has 0 bridgehead atoms. The van der Waals surface area contributed by atoms with Crippen LogP contribution in [-0.4, -0.2) is 24.3 Å². The molecule has 0 aliphatic rings. The van der Waals surface area contributed by atoms with Crippen molar-refractivity contribution in [3.05, 3.63) is 20.2 Å². The molecule has 0 aliphatic heterocycles. The number of halogens is 2. The number of hydrogen-bond donors (Lipinski definition) is 2. The van der Waals surface area contributed by atoms with Crippen LogP contribution in [-0.2, 0) is 0 Å². The Bertz CT molecular complexity index is 319. The molecule has 0 saturated heterocycles. The zero-order valence-electron chi connectivity index (χ0n) is 6.79. The first-order valence-corrected chi connectivity index (χ1v) is 5.32. The van der Waals surface area contributed by atoms with Gasteiger partial charge in [0.05, 0.1) is 7.11 Å². The van der Waals surface area contributed by atoms with Crippen molar-refractivity contribution in [3.8, 4) is 5.75 Å². The first kappa shape index (κ1) is 11.3. The van der Waals surface area contributed by atoms with Crippen molar-refractivity contribution < 1.29 is 14.8 Å². The molecular weight excluding hydrogens is 350 g/mol. The Labute approximate surface area is 98.5 Å². The van der Waals surface area contributed by atoms with E-state index in [1.807, 2.05) is 22.6 Å². The molecule has 0 amide bonds. The van der Waals surface area contributed by atoms with Crippen LogP contribution in [0.25, 0.3) is 0 Å². The average Bonchev–Trinajstić information content (AvgIpc) is 2.01. The maximum Gasteiger partial charge on any atom is 0.493 e. The number of methoxy groups -OCH3 is 1. The van der Waals surface area contributed by atoms with Crippen molar-refractivity contribution in [2.24, 2.45) is 0 Å². The Hall–Kier alpha value is 0.215. The Morgan fingerprint density at radius 2 is 2.08 bits per heavy atom. The summed E-state index contributed by atoms with van der Waals surface area (Å²) in [4.78, 5) is 0. The van der Waals surface area contributed by atoms with Crippen LogP contribution in [0.1, 0.15) is 0 Å². The summed E-state index contributed by atoms with van der Waals surface area (Å²) in [6.45, 7) is 0. The molecule has 0 fully saturated rings. The quantitative estimate of drug-likeness (QED) is 0.607. The second-order valence-electron chi connectivity index (χ2n) is 2.38. The van der Waals surface area contributed by atoms with Gasteiger partial charge in [-0.05, 0) is 34.7 Å². The molecule has 0 atom stereocenters. The zero-order chi connectivity index (χ0) is 10.0.